The number of halogens is 1. The number of aromatic amines is 1. The summed E-state index contributed by atoms with van der Waals surface area (Å²) in [7, 11) is 1.55. The Hall–Kier alpha value is -2.60. The highest BCUT2D eigenvalue weighted by Gasteiger charge is 2.14. The van der Waals surface area contributed by atoms with Crippen molar-refractivity contribution in [1.29, 1.82) is 0 Å². The molecule has 0 aliphatic heterocycles. The van der Waals surface area contributed by atoms with Crippen molar-refractivity contribution < 1.29 is 4.74 Å². The van der Waals surface area contributed by atoms with Gasteiger partial charge in [0.15, 0.2) is 5.65 Å². The molecule has 0 bridgehead atoms. The molecule has 0 unspecified atom stereocenters. The Morgan fingerprint density at radius 1 is 1.27 bits per heavy atom. The second kappa shape index (κ2) is 4.71. The predicted molar refractivity (Wildman–Crippen MR) is 84.4 cm³/mol. The number of hydrogen-bond donors (Lipinski definition) is 1. The van der Waals surface area contributed by atoms with Crippen LogP contribution in [0.4, 0.5) is 0 Å². The van der Waals surface area contributed by atoms with Crippen molar-refractivity contribution in [2.24, 2.45) is 0 Å². The molecule has 4 aromatic rings. The summed E-state index contributed by atoms with van der Waals surface area (Å²) >= 11 is 6.35. The van der Waals surface area contributed by atoms with Gasteiger partial charge in [-0.05, 0) is 30.7 Å². The van der Waals surface area contributed by atoms with Gasteiger partial charge in [0.25, 0.3) is 0 Å². The first-order chi connectivity index (χ1) is 10.7. The molecule has 6 nitrogen and oxygen atoms in total. The second-order valence-corrected chi connectivity index (χ2v) is 5.43. The molecule has 4 rings (SSSR count). The molecule has 0 aliphatic rings. The lowest BCUT2D eigenvalue weighted by Crippen LogP contribution is -1.97. The third-order valence-electron chi connectivity index (χ3n) is 3.64. The van der Waals surface area contributed by atoms with Crippen LogP contribution in [0.2, 0.25) is 5.02 Å². The zero-order valence-electron chi connectivity index (χ0n) is 12.0. The first-order valence-electron chi connectivity index (χ1n) is 6.71. The molecule has 0 spiro atoms. The van der Waals surface area contributed by atoms with Crippen LogP contribution in [0.1, 0.15) is 5.56 Å². The van der Waals surface area contributed by atoms with E-state index in [9.17, 15) is 0 Å². The summed E-state index contributed by atoms with van der Waals surface area (Å²) < 4.78 is 6.90. The lowest BCUT2D eigenvalue weighted by molar-refractivity contribution is 0.381. The summed E-state index contributed by atoms with van der Waals surface area (Å²) in [5.41, 5.74) is 4.50. The summed E-state index contributed by atoms with van der Waals surface area (Å²) in [4.78, 5) is 4.31. The number of ether oxygens (including phenoxy) is 1. The lowest BCUT2D eigenvalue weighted by atomic mass is 10.0. The van der Waals surface area contributed by atoms with Crippen molar-refractivity contribution in [3.63, 3.8) is 0 Å². The van der Waals surface area contributed by atoms with E-state index in [4.69, 9.17) is 16.3 Å². The summed E-state index contributed by atoms with van der Waals surface area (Å²) in [6.45, 7) is 2.02. The van der Waals surface area contributed by atoms with E-state index in [-0.39, 0.29) is 0 Å². The standard InChI is InChI=1S/C15H12ClN5O/c1-8-3-4-12-18-15(22-2)20-21(12)14(8)9-5-10-7-17-19-13(10)11(16)6-9/h3-7H,1-2H3,(H,17,19). The molecular weight excluding hydrogens is 302 g/mol. The Kier molecular flexibility index (Phi) is 2.80. The zero-order chi connectivity index (χ0) is 15.3. The van der Waals surface area contributed by atoms with Crippen LogP contribution in [0.3, 0.4) is 0 Å². The maximum atomic E-state index is 6.35. The first-order valence-corrected chi connectivity index (χ1v) is 7.08. The van der Waals surface area contributed by atoms with Crippen LogP contribution in [0.15, 0.2) is 30.5 Å². The molecule has 3 aromatic heterocycles. The van der Waals surface area contributed by atoms with E-state index in [1.807, 2.05) is 31.2 Å². The number of rotatable bonds is 2. The number of H-pyrrole nitrogens is 1. The molecule has 0 atom stereocenters. The summed E-state index contributed by atoms with van der Waals surface area (Å²) in [5, 5.41) is 12.9. The van der Waals surface area contributed by atoms with E-state index in [0.717, 1.165) is 33.4 Å². The van der Waals surface area contributed by atoms with Gasteiger partial charge < -0.3 is 4.74 Å². The van der Waals surface area contributed by atoms with Gasteiger partial charge in [-0.25, -0.2) is 4.52 Å². The molecule has 0 aliphatic carbocycles. The number of pyridine rings is 1. The highest BCUT2D eigenvalue weighted by molar-refractivity contribution is 6.35. The molecule has 7 heteroatoms. The van der Waals surface area contributed by atoms with Gasteiger partial charge in [0.1, 0.15) is 0 Å². The van der Waals surface area contributed by atoms with Crippen molar-refractivity contribution in [3.05, 3.63) is 41.0 Å². The highest BCUT2D eigenvalue weighted by Crippen LogP contribution is 2.31. The molecule has 3 heterocycles. The van der Waals surface area contributed by atoms with Crippen molar-refractivity contribution in [2.45, 2.75) is 6.92 Å². The quantitative estimate of drug-likeness (QED) is 0.617. The van der Waals surface area contributed by atoms with Gasteiger partial charge in [-0.3, -0.25) is 5.10 Å². The Balaban J connectivity index is 2.06. The Labute approximate surface area is 130 Å². The normalized spacial score (nSPS) is 11.4. The maximum Gasteiger partial charge on any atom is 0.336 e. The van der Waals surface area contributed by atoms with Crippen LogP contribution in [-0.2, 0) is 0 Å². The third kappa shape index (κ3) is 1.84. The maximum absolute atomic E-state index is 6.35. The van der Waals surface area contributed by atoms with E-state index >= 15 is 0 Å². The van der Waals surface area contributed by atoms with E-state index < -0.39 is 0 Å². The molecule has 22 heavy (non-hydrogen) atoms. The monoisotopic (exact) mass is 313 g/mol. The average Bonchev–Trinajstić information content (AvgIpc) is 3.12. The number of aryl methyl sites for hydroxylation is 1. The molecule has 0 saturated carbocycles. The van der Waals surface area contributed by atoms with E-state index in [1.54, 1.807) is 17.8 Å². The van der Waals surface area contributed by atoms with Crippen molar-refractivity contribution in [3.8, 4) is 17.3 Å². The lowest BCUT2D eigenvalue weighted by Gasteiger charge is -2.09. The molecule has 0 fully saturated rings. The SMILES string of the molecule is COc1nc2ccc(C)c(-c3cc(Cl)c4[nH]ncc4c3)n2n1. The number of benzene rings is 1. The van der Waals surface area contributed by atoms with E-state index in [2.05, 4.69) is 20.3 Å². The van der Waals surface area contributed by atoms with Crippen LogP contribution < -0.4 is 4.74 Å². The summed E-state index contributed by atoms with van der Waals surface area (Å²) in [6, 6.07) is 8.18. The smallest absolute Gasteiger partial charge is 0.336 e. The molecule has 1 N–H and O–H groups in total. The van der Waals surface area contributed by atoms with Crippen molar-refractivity contribution >= 4 is 28.2 Å². The van der Waals surface area contributed by atoms with Gasteiger partial charge in [-0.2, -0.15) is 10.1 Å². The molecule has 0 radical (unpaired) electrons. The Bertz CT molecular complexity index is 1000. The molecule has 0 saturated heterocycles. The highest BCUT2D eigenvalue weighted by atomic mass is 35.5. The minimum absolute atomic E-state index is 0.335. The zero-order valence-corrected chi connectivity index (χ0v) is 12.7. The number of nitrogens with one attached hydrogen (secondary N) is 1. The van der Waals surface area contributed by atoms with E-state index in [0.29, 0.717) is 11.0 Å². The van der Waals surface area contributed by atoms with Gasteiger partial charge in [-0.1, -0.05) is 17.7 Å². The fourth-order valence-electron chi connectivity index (χ4n) is 2.61. The minimum atomic E-state index is 0.335. The van der Waals surface area contributed by atoms with Crippen LogP contribution >= 0.6 is 11.6 Å². The Morgan fingerprint density at radius 2 is 2.14 bits per heavy atom. The average molecular weight is 314 g/mol. The topological polar surface area (TPSA) is 68.1 Å². The van der Waals surface area contributed by atoms with Crippen LogP contribution in [0.25, 0.3) is 27.8 Å². The Morgan fingerprint density at radius 3 is 2.95 bits per heavy atom. The van der Waals surface area contributed by atoms with Gasteiger partial charge in [0.2, 0.25) is 0 Å². The summed E-state index contributed by atoms with van der Waals surface area (Å²) in [5.74, 6) is 0. The number of hydrogen-bond acceptors (Lipinski definition) is 4. The molecule has 1 aromatic carbocycles. The molecule has 110 valence electrons. The van der Waals surface area contributed by atoms with Crippen molar-refractivity contribution in [2.75, 3.05) is 7.11 Å². The van der Waals surface area contributed by atoms with Gasteiger partial charge in [0, 0.05) is 10.9 Å². The first kappa shape index (κ1) is 13.1. The number of fused-ring (bicyclic) bond motifs is 2. The fraction of sp³-hybridized carbons (Fsp3) is 0.133. The molecule has 0 amide bonds. The van der Waals surface area contributed by atoms with Crippen LogP contribution in [0.5, 0.6) is 6.01 Å². The second-order valence-electron chi connectivity index (χ2n) is 5.03. The van der Waals surface area contributed by atoms with Gasteiger partial charge >= 0.3 is 6.01 Å². The number of aromatic nitrogens is 5. The number of methoxy groups -OCH3 is 1. The van der Waals surface area contributed by atoms with Crippen molar-refractivity contribution in [1.82, 2.24) is 24.8 Å². The van der Waals surface area contributed by atoms with Gasteiger partial charge in [-0.15, -0.1) is 5.10 Å². The summed E-state index contributed by atoms with van der Waals surface area (Å²) in [6.07, 6.45) is 1.75. The van der Waals surface area contributed by atoms with Crippen LogP contribution in [-0.4, -0.2) is 31.9 Å². The predicted octanol–water partition coefficient (Wildman–Crippen LogP) is 3.24. The van der Waals surface area contributed by atoms with Crippen LogP contribution in [0, 0.1) is 6.92 Å². The van der Waals surface area contributed by atoms with E-state index in [1.165, 1.54) is 0 Å². The number of nitrogens with zero attached hydrogens (tertiary/aromatic N) is 4. The van der Waals surface area contributed by atoms with Gasteiger partial charge in [0.05, 0.1) is 29.5 Å². The third-order valence-corrected chi connectivity index (χ3v) is 3.94. The molecular formula is C15H12ClN5O. The fourth-order valence-corrected chi connectivity index (χ4v) is 2.88. The largest absolute Gasteiger partial charge is 0.466 e. The minimum Gasteiger partial charge on any atom is -0.466 e.